The Labute approximate surface area is 136 Å². The van der Waals surface area contributed by atoms with Crippen molar-refractivity contribution in [3.8, 4) is 0 Å². The van der Waals surface area contributed by atoms with Gasteiger partial charge in [-0.15, -0.1) is 0 Å². The number of nitrogens with zero attached hydrogens (tertiary/aromatic N) is 1. The highest BCUT2D eigenvalue weighted by atomic mass is 32.2. The maximum atomic E-state index is 11.7. The Hall–Kier alpha value is -1.37. The quantitative estimate of drug-likeness (QED) is 0.881. The summed E-state index contributed by atoms with van der Waals surface area (Å²) in [5, 5.41) is 0. The van der Waals surface area contributed by atoms with Crippen LogP contribution in [0.2, 0.25) is 0 Å². The zero-order chi connectivity index (χ0) is 16.2. The number of hydrogen-bond donors (Lipinski definition) is 1. The summed E-state index contributed by atoms with van der Waals surface area (Å²) in [5.74, 6) is 1.74. The Morgan fingerprint density at radius 1 is 1.05 bits per heavy atom. The normalized spacial score (nSPS) is 11.6. The number of aromatic nitrogens is 1. The number of hydrogen-bond acceptors (Lipinski definition) is 4. The van der Waals surface area contributed by atoms with Gasteiger partial charge in [0.1, 0.15) is 0 Å². The lowest BCUT2D eigenvalue weighted by Crippen LogP contribution is -2.18. The van der Waals surface area contributed by atoms with Gasteiger partial charge >= 0.3 is 0 Å². The van der Waals surface area contributed by atoms with Gasteiger partial charge in [-0.05, 0) is 50.2 Å². The van der Waals surface area contributed by atoms with E-state index < -0.39 is 10.0 Å². The standard InChI is InChI=1S/C16H20N2O2S2/c1-12-4-7-15(13(2)18-12)11-21-10-14-5-8-16(9-6-14)22(19,20)17-3/h4-9,17H,10-11H2,1-3H3. The third kappa shape index (κ3) is 4.32. The molecule has 118 valence electrons. The third-order valence-corrected chi connectivity index (χ3v) is 5.85. The van der Waals surface area contributed by atoms with Crippen molar-refractivity contribution < 1.29 is 8.42 Å². The molecule has 0 aliphatic rings. The van der Waals surface area contributed by atoms with E-state index in [2.05, 4.69) is 15.8 Å². The lowest BCUT2D eigenvalue weighted by atomic mass is 10.2. The fraction of sp³-hybridized carbons (Fsp3) is 0.312. The second-order valence-corrected chi connectivity index (χ2v) is 7.91. The maximum absolute atomic E-state index is 11.7. The van der Waals surface area contributed by atoms with Crippen LogP contribution in [0, 0.1) is 13.8 Å². The summed E-state index contributed by atoms with van der Waals surface area (Å²) in [5.41, 5.74) is 4.46. The van der Waals surface area contributed by atoms with Gasteiger partial charge in [-0.2, -0.15) is 11.8 Å². The number of rotatable bonds is 6. The highest BCUT2D eigenvalue weighted by Gasteiger charge is 2.10. The van der Waals surface area contributed by atoms with Gasteiger partial charge in [0.2, 0.25) is 10.0 Å². The number of benzene rings is 1. The van der Waals surface area contributed by atoms with Gasteiger partial charge in [0.25, 0.3) is 0 Å². The van der Waals surface area contributed by atoms with Gasteiger partial charge in [-0.1, -0.05) is 18.2 Å². The largest absolute Gasteiger partial charge is 0.258 e. The minimum absolute atomic E-state index is 0.294. The monoisotopic (exact) mass is 336 g/mol. The average molecular weight is 336 g/mol. The average Bonchev–Trinajstić information content (AvgIpc) is 2.50. The van der Waals surface area contributed by atoms with E-state index in [-0.39, 0.29) is 0 Å². The first-order valence-corrected chi connectivity index (χ1v) is 9.59. The van der Waals surface area contributed by atoms with Gasteiger partial charge in [-0.3, -0.25) is 4.98 Å². The van der Waals surface area contributed by atoms with Gasteiger partial charge in [0, 0.05) is 22.9 Å². The SMILES string of the molecule is CNS(=O)(=O)c1ccc(CSCc2ccc(C)nc2C)cc1. The van der Waals surface area contributed by atoms with Gasteiger partial charge in [0.15, 0.2) is 0 Å². The van der Waals surface area contributed by atoms with Crippen molar-refractivity contribution in [3.05, 3.63) is 58.9 Å². The molecule has 0 saturated carbocycles. The van der Waals surface area contributed by atoms with Gasteiger partial charge < -0.3 is 0 Å². The van der Waals surface area contributed by atoms with Crippen molar-refractivity contribution >= 4 is 21.8 Å². The van der Waals surface area contributed by atoms with Crippen molar-refractivity contribution in [3.63, 3.8) is 0 Å². The highest BCUT2D eigenvalue weighted by Crippen LogP contribution is 2.20. The predicted octanol–water partition coefficient (Wildman–Crippen LogP) is 3.04. The molecule has 4 nitrogen and oxygen atoms in total. The highest BCUT2D eigenvalue weighted by molar-refractivity contribution is 7.97. The molecule has 0 unspecified atom stereocenters. The van der Waals surface area contributed by atoms with E-state index in [1.165, 1.54) is 12.6 Å². The van der Waals surface area contributed by atoms with E-state index in [9.17, 15) is 8.42 Å². The minimum atomic E-state index is -3.35. The molecule has 2 rings (SSSR count). The van der Waals surface area contributed by atoms with E-state index in [0.29, 0.717) is 4.90 Å². The number of pyridine rings is 1. The summed E-state index contributed by atoms with van der Waals surface area (Å²) in [7, 11) is -1.94. The van der Waals surface area contributed by atoms with Crippen molar-refractivity contribution in [2.75, 3.05) is 7.05 Å². The minimum Gasteiger partial charge on any atom is -0.258 e. The summed E-state index contributed by atoms with van der Waals surface area (Å²) in [6.45, 7) is 4.02. The number of nitrogens with one attached hydrogen (secondary N) is 1. The number of aryl methyl sites for hydroxylation is 2. The molecule has 6 heteroatoms. The molecule has 0 spiro atoms. The molecule has 0 saturated heterocycles. The van der Waals surface area contributed by atoms with E-state index >= 15 is 0 Å². The number of sulfonamides is 1. The molecule has 0 aliphatic carbocycles. The summed E-state index contributed by atoms with van der Waals surface area (Å²) in [4.78, 5) is 4.75. The van der Waals surface area contributed by atoms with Crippen LogP contribution in [0.25, 0.3) is 0 Å². The van der Waals surface area contributed by atoms with Crippen molar-refractivity contribution in [2.24, 2.45) is 0 Å². The smallest absolute Gasteiger partial charge is 0.240 e. The lowest BCUT2D eigenvalue weighted by molar-refractivity contribution is 0.588. The Balaban J connectivity index is 1.95. The molecular weight excluding hydrogens is 316 g/mol. The van der Waals surface area contributed by atoms with Crippen LogP contribution in [0.3, 0.4) is 0 Å². The molecule has 22 heavy (non-hydrogen) atoms. The molecule has 0 radical (unpaired) electrons. The van der Waals surface area contributed by atoms with Crippen molar-refractivity contribution in [1.29, 1.82) is 0 Å². The maximum Gasteiger partial charge on any atom is 0.240 e. The van der Waals surface area contributed by atoms with Crippen LogP contribution < -0.4 is 4.72 Å². The molecule has 2 aromatic rings. The second-order valence-electron chi connectivity index (χ2n) is 5.04. The predicted molar refractivity (Wildman–Crippen MR) is 91.4 cm³/mol. The third-order valence-electron chi connectivity index (χ3n) is 3.36. The van der Waals surface area contributed by atoms with Crippen LogP contribution in [0.4, 0.5) is 0 Å². The van der Waals surface area contributed by atoms with Gasteiger partial charge in [-0.25, -0.2) is 13.1 Å². The zero-order valence-corrected chi connectivity index (χ0v) is 14.6. The lowest BCUT2D eigenvalue weighted by Gasteiger charge is -2.07. The molecule has 0 fully saturated rings. The molecule has 1 aromatic heterocycles. The van der Waals surface area contributed by atoms with Crippen molar-refractivity contribution in [1.82, 2.24) is 9.71 Å². The molecule has 0 bridgehead atoms. The Bertz CT molecular complexity index is 741. The fourth-order valence-electron chi connectivity index (χ4n) is 2.03. The first-order valence-electron chi connectivity index (χ1n) is 6.96. The second kappa shape index (κ2) is 7.26. The van der Waals surface area contributed by atoms with Crippen molar-refractivity contribution in [2.45, 2.75) is 30.2 Å². The Morgan fingerprint density at radius 2 is 1.73 bits per heavy atom. The van der Waals surface area contributed by atoms with Crippen LogP contribution in [0.1, 0.15) is 22.5 Å². The Kier molecular flexibility index (Phi) is 5.61. The topological polar surface area (TPSA) is 59.1 Å². The summed E-state index contributed by atoms with van der Waals surface area (Å²) in [6.07, 6.45) is 0. The molecule has 1 heterocycles. The van der Waals surface area contributed by atoms with Crippen LogP contribution in [0.15, 0.2) is 41.3 Å². The van der Waals surface area contributed by atoms with Crippen LogP contribution in [-0.4, -0.2) is 20.4 Å². The summed E-state index contributed by atoms with van der Waals surface area (Å²) < 4.78 is 25.6. The first kappa shape index (κ1) is 17.0. The fourth-order valence-corrected chi connectivity index (χ4v) is 3.81. The van der Waals surface area contributed by atoms with E-state index in [1.807, 2.05) is 32.0 Å². The zero-order valence-electron chi connectivity index (χ0n) is 13.0. The molecule has 1 N–H and O–H groups in total. The molecule has 0 atom stereocenters. The molecule has 0 aliphatic heterocycles. The Morgan fingerprint density at radius 3 is 2.32 bits per heavy atom. The van der Waals surface area contributed by atoms with E-state index in [4.69, 9.17) is 0 Å². The number of thioether (sulfide) groups is 1. The first-order chi connectivity index (χ1) is 10.4. The van der Waals surface area contributed by atoms with Crippen LogP contribution in [-0.2, 0) is 21.5 Å². The van der Waals surface area contributed by atoms with Gasteiger partial charge in [0.05, 0.1) is 4.90 Å². The van der Waals surface area contributed by atoms with Crippen LogP contribution in [0.5, 0.6) is 0 Å². The van der Waals surface area contributed by atoms with Crippen LogP contribution >= 0.6 is 11.8 Å². The van der Waals surface area contributed by atoms with E-state index in [1.54, 1.807) is 23.9 Å². The summed E-state index contributed by atoms with van der Waals surface area (Å²) >= 11 is 1.79. The van der Waals surface area contributed by atoms with E-state index in [0.717, 1.165) is 28.5 Å². The molecule has 1 aromatic carbocycles. The molecule has 0 amide bonds. The summed E-state index contributed by atoms with van der Waals surface area (Å²) in [6, 6.07) is 11.1. The molecular formula is C16H20N2O2S2.